The number of nitrogens with one attached hydrogen (secondary N) is 1. The van der Waals surface area contributed by atoms with Crippen molar-refractivity contribution in [1.82, 2.24) is 10.2 Å². The molecular formula is C12H9BrN4. The molecule has 2 aromatic rings. The Morgan fingerprint density at radius 3 is 2.71 bits per heavy atom. The normalized spacial score (nSPS) is 9.71. The highest BCUT2D eigenvalue weighted by atomic mass is 79.9. The van der Waals surface area contributed by atoms with Crippen molar-refractivity contribution in [3.63, 3.8) is 0 Å². The summed E-state index contributed by atoms with van der Waals surface area (Å²) in [6.45, 7) is 2.02. The largest absolute Gasteiger partial charge is 0.275 e. The molecule has 0 aliphatic rings. The van der Waals surface area contributed by atoms with Crippen molar-refractivity contribution in [2.24, 2.45) is 0 Å². The van der Waals surface area contributed by atoms with Gasteiger partial charge in [-0.1, -0.05) is 22.0 Å². The second-order valence-corrected chi connectivity index (χ2v) is 4.42. The highest BCUT2D eigenvalue weighted by molar-refractivity contribution is 9.10. The number of nitrogens with zero attached hydrogens (tertiary/aromatic N) is 3. The van der Waals surface area contributed by atoms with E-state index in [2.05, 4.69) is 31.4 Å². The van der Waals surface area contributed by atoms with Crippen LogP contribution in [0.3, 0.4) is 0 Å². The molecule has 4 nitrogen and oxygen atoms in total. The first kappa shape index (κ1) is 11.6. The van der Waals surface area contributed by atoms with Crippen molar-refractivity contribution in [2.75, 3.05) is 5.32 Å². The molecule has 1 aromatic heterocycles. The van der Waals surface area contributed by atoms with E-state index in [9.17, 15) is 0 Å². The van der Waals surface area contributed by atoms with E-state index in [4.69, 9.17) is 5.26 Å². The minimum Gasteiger partial charge on any atom is -0.275 e. The van der Waals surface area contributed by atoms with Gasteiger partial charge >= 0.3 is 0 Å². The highest BCUT2D eigenvalue weighted by Gasteiger charge is 2.05. The van der Waals surface area contributed by atoms with E-state index in [0.717, 1.165) is 21.3 Å². The Bertz CT molecular complexity index is 572. The van der Waals surface area contributed by atoms with E-state index in [1.165, 1.54) is 0 Å². The van der Waals surface area contributed by atoms with Crippen molar-refractivity contribution in [2.45, 2.75) is 6.92 Å². The van der Waals surface area contributed by atoms with Gasteiger partial charge < -0.3 is 0 Å². The van der Waals surface area contributed by atoms with Crippen LogP contribution in [0.15, 0.2) is 34.8 Å². The lowest BCUT2D eigenvalue weighted by atomic mass is 10.1. The maximum atomic E-state index is 8.45. The SMILES string of the molecule is Cc1ccc(Br)cc1-c1ccc(NC#N)nn1. The average Bonchev–Trinajstić information content (AvgIpc) is 2.34. The van der Waals surface area contributed by atoms with E-state index >= 15 is 0 Å². The quantitative estimate of drug-likeness (QED) is 0.681. The van der Waals surface area contributed by atoms with Gasteiger partial charge in [-0.25, -0.2) is 0 Å². The Morgan fingerprint density at radius 1 is 1.24 bits per heavy atom. The summed E-state index contributed by atoms with van der Waals surface area (Å²) < 4.78 is 0.999. The second-order valence-electron chi connectivity index (χ2n) is 3.50. The summed E-state index contributed by atoms with van der Waals surface area (Å²) in [5.41, 5.74) is 2.94. The predicted octanol–water partition coefficient (Wildman–Crippen LogP) is 3.11. The zero-order valence-electron chi connectivity index (χ0n) is 9.11. The van der Waals surface area contributed by atoms with Crippen LogP contribution in [0.5, 0.6) is 0 Å². The molecule has 5 heteroatoms. The summed E-state index contributed by atoms with van der Waals surface area (Å²) >= 11 is 3.43. The van der Waals surface area contributed by atoms with E-state index in [0.29, 0.717) is 5.82 Å². The average molecular weight is 289 g/mol. The maximum Gasteiger partial charge on any atom is 0.182 e. The van der Waals surface area contributed by atoms with Crippen molar-refractivity contribution < 1.29 is 0 Å². The van der Waals surface area contributed by atoms with Crippen LogP contribution in [-0.2, 0) is 0 Å². The van der Waals surface area contributed by atoms with Gasteiger partial charge in [-0.05, 0) is 36.8 Å². The zero-order chi connectivity index (χ0) is 12.3. The lowest BCUT2D eigenvalue weighted by molar-refractivity contribution is 1.04. The number of hydrogen-bond acceptors (Lipinski definition) is 4. The standard InChI is InChI=1S/C12H9BrN4/c1-8-2-3-9(13)6-10(8)11-4-5-12(15-7-14)17-16-11/h2-6H,1H3,(H,15,17). The summed E-state index contributed by atoms with van der Waals surface area (Å²) in [6.07, 6.45) is 1.80. The summed E-state index contributed by atoms with van der Waals surface area (Å²) in [6, 6.07) is 9.56. The molecule has 0 spiro atoms. The molecule has 1 N–H and O–H groups in total. The molecule has 1 aromatic carbocycles. The van der Waals surface area contributed by atoms with Gasteiger partial charge in [0.05, 0.1) is 5.69 Å². The van der Waals surface area contributed by atoms with Crippen molar-refractivity contribution >= 4 is 21.7 Å². The number of nitriles is 1. The molecule has 2 rings (SSSR count). The molecule has 0 saturated carbocycles. The molecule has 1 heterocycles. The molecule has 0 atom stereocenters. The van der Waals surface area contributed by atoms with Gasteiger partial charge in [0.2, 0.25) is 0 Å². The van der Waals surface area contributed by atoms with Gasteiger partial charge in [-0.3, -0.25) is 5.32 Å². The van der Waals surface area contributed by atoms with Crippen LogP contribution in [0.4, 0.5) is 5.82 Å². The molecule has 0 amide bonds. The van der Waals surface area contributed by atoms with Crippen molar-refractivity contribution in [3.05, 3.63) is 40.4 Å². The lowest BCUT2D eigenvalue weighted by Crippen LogP contribution is -1.95. The van der Waals surface area contributed by atoms with E-state index in [-0.39, 0.29) is 0 Å². The first-order valence-electron chi connectivity index (χ1n) is 4.96. The zero-order valence-corrected chi connectivity index (χ0v) is 10.7. The highest BCUT2D eigenvalue weighted by Crippen LogP contribution is 2.25. The van der Waals surface area contributed by atoms with Crippen LogP contribution in [-0.4, -0.2) is 10.2 Å². The Morgan fingerprint density at radius 2 is 2.06 bits per heavy atom. The summed E-state index contributed by atoms with van der Waals surface area (Å²) in [4.78, 5) is 0. The van der Waals surface area contributed by atoms with E-state index < -0.39 is 0 Å². The van der Waals surface area contributed by atoms with Crippen LogP contribution in [0.25, 0.3) is 11.3 Å². The van der Waals surface area contributed by atoms with Gasteiger partial charge in [0, 0.05) is 10.0 Å². The van der Waals surface area contributed by atoms with Gasteiger partial charge in [-0.15, -0.1) is 10.2 Å². The van der Waals surface area contributed by atoms with Gasteiger partial charge in [0.15, 0.2) is 12.0 Å². The molecule has 84 valence electrons. The topological polar surface area (TPSA) is 61.6 Å². The third-order valence-electron chi connectivity index (χ3n) is 2.32. The van der Waals surface area contributed by atoms with Crippen LogP contribution < -0.4 is 5.32 Å². The van der Waals surface area contributed by atoms with Gasteiger partial charge in [0.1, 0.15) is 0 Å². The Balaban J connectivity index is 2.40. The third-order valence-corrected chi connectivity index (χ3v) is 2.82. The van der Waals surface area contributed by atoms with E-state index in [1.54, 1.807) is 12.3 Å². The molecule has 17 heavy (non-hydrogen) atoms. The first-order valence-corrected chi connectivity index (χ1v) is 5.75. The summed E-state index contributed by atoms with van der Waals surface area (Å²) in [5, 5.41) is 18.9. The van der Waals surface area contributed by atoms with Crippen LogP contribution >= 0.6 is 15.9 Å². The minimum atomic E-state index is 0.448. The number of benzene rings is 1. The molecule has 0 fully saturated rings. The molecule has 0 aliphatic carbocycles. The van der Waals surface area contributed by atoms with Crippen LogP contribution in [0, 0.1) is 18.4 Å². The van der Waals surface area contributed by atoms with E-state index in [1.807, 2.05) is 31.2 Å². The van der Waals surface area contributed by atoms with Crippen LogP contribution in [0.2, 0.25) is 0 Å². The molecular weight excluding hydrogens is 280 g/mol. The first-order chi connectivity index (χ1) is 8.20. The second kappa shape index (κ2) is 4.93. The van der Waals surface area contributed by atoms with Crippen LogP contribution in [0.1, 0.15) is 5.56 Å². The molecule has 0 unspecified atom stereocenters. The van der Waals surface area contributed by atoms with Gasteiger partial charge in [-0.2, -0.15) is 5.26 Å². The van der Waals surface area contributed by atoms with Crippen molar-refractivity contribution in [1.29, 1.82) is 5.26 Å². The Hall–Kier alpha value is -1.93. The number of anilines is 1. The molecule has 0 radical (unpaired) electrons. The fraction of sp³-hybridized carbons (Fsp3) is 0.0833. The summed E-state index contributed by atoms with van der Waals surface area (Å²) in [7, 11) is 0. The molecule has 0 saturated heterocycles. The lowest BCUT2D eigenvalue weighted by Gasteiger charge is -2.05. The number of aryl methyl sites for hydroxylation is 1. The number of halogens is 1. The minimum absolute atomic E-state index is 0.448. The predicted molar refractivity (Wildman–Crippen MR) is 69.1 cm³/mol. The molecule has 0 bridgehead atoms. The monoisotopic (exact) mass is 288 g/mol. The molecule has 0 aliphatic heterocycles. The fourth-order valence-electron chi connectivity index (χ4n) is 1.47. The Labute approximate surface area is 107 Å². The maximum absolute atomic E-state index is 8.45. The van der Waals surface area contributed by atoms with Gasteiger partial charge in [0.25, 0.3) is 0 Å². The van der Waals surface area contributed by atoms with Crippen molar-refractivity contribution in [3.8, 4) is 17.5 Å². The number of rotatable bonds is 2. The summed E-state index contributed by atoms with van der Waals surface area (Å²) in [5.74, 6) is 0.448. The number of aromatic nitrogens is 2. The number of hydrogen-bond donors (Lipinski definition) is 1. The Kier molecular flexibility index (Phi) is 3.35. The third kappa shape index (κ3) is 2.60. The smallest absolute Gasteiger partial charge is 0.182 e. The fourth-order valence-corrected chi connectivity index (χ4v) is 1.83.